The SMILES string of the molecule is CC[C@H]1COCCN1C(=O)c1ccccc1S(=O)(=O)Cc1ccccc1. The van der Waals surface area contributed by atoms with Crippen LogP contribution in [0.1, 0.15) is 29.3 Å². The summed E-state index contributed by atoms with van der Waals surface area (Å²) in [4.78, 5) is 14.9. The van der Waals surface area contributed by atoms with Gasteiger partial charge in [-0.3, -0.25) is 4.79 Å². The summed E-state index contributed by atoms with van der Waals surface area (Å²) in [5.41, 5.74) is 0.941. The first-order valence-electron chi connectivity index (χ1n) is 8.77. The molecule has 0 radical (unpaired) electrons. The zero-order chi connectivity index (χ0) is 18.6. The smallest absolute Gasteiger partial charge is 0.255 e. The molecule has 1 heterocycles. The lowest BCUT2D eigenvalue weighted by molar-refractivity contribution is -0.00299. The molecule has 0 N–H and O–H groups in total. The Bertz CT molecular complexity index is 864. The van der Waals surface area contributed by atoms with Crippen molar-refractivity contribution in [3.8, 4) is 0 Å². The number of rotatable bonds is 5. The molecule has 0 bridgehead atoms. The minimum Gasteiger partial charge on any atom is -0.377 e. The van der Waals surface area contributed by atoms with Crippen molar-refractivity contribution in [1.82, 2.24) is 4.90 Å². The second kappa shape index (κ2) is 8.01. The molecule has 3 rings (SSSR count). The molecule has 138 valence electrons. The van der Waals surface area contributed by atoms with Crippen LogP contribution in [-0.2, 0) is 20.3 Å². The van der Waals surface area contributed by atoms with Gasteiger partial charge in [0.2, 0.25) is 0 Å². The van der Waals surface area contributed by atoms with Crippen molar-refractivity contribution in [1.29, 1.82) is 0 Å². The highest BCUT2D eigenvalue weighted by Crippen LogP contribution is 2.24. The van der Waals surface area contributed by atoms with Crippen molar-refractivity contribution in [2.45, 2.75) is 30.0 Å². The average Bonchev–Trinajstić information content (AvgIpc) is 2.68. The third-order valence-electron chi connectivity index (χ3n) is 4.61. The highest BCUT2D eigenvalue weighted by molar-refractivity contribution is 7.90. The highest BCUT2D eigenvalue weighted by atomic mass is 32.2. The number of sulfone groups is 1. The van der Waals surface area contributed by atoms with E-state index in [-0.39, 0.29) is 28.2 Å². The number of hydrogen-bond acceptors (Lipinski definition) is 4. The van der Waals surface area contributed by atoms with E-state index in [1.807, 2.05) is 25.1 Å². The first-order chi connectivity index (χ1) is 12.5. The Morgan fingerprint density at radius 3 is 2.54 bits per heavy atom. The topological polar surface area (TPSA) is 63.7 Å². The van der Waals surface area contributed by atoms with Crippen LogP contribution in [0.4, 0.5) is 0 Å². The Kier molecular flexibility index (Phi) is 5.74. The van der Waals surface area contributed by atoms with E-state index in [0.29, 0.717) is 25.3 Å². The predicted octanol–water partition coefficient (Wildman–Crippen LogP) is 2.91. The molecule has 0 aliphatic carbocycles. The predicted molar refractivity (Wildman–Crippen MR) is 99.7 cm³/mol. The molecule has 0 aromatic heterocycles. The Hall–Kier alpha value is -2.18. The lowest BCUT2D eigenvalue weighted by Crippen LogP contribution is -2.48. The first kappa shape index (κ1) is 18.6. The summed E-state index contributed by atoms with van der Waals surface area (Å²) >= 11 is 0. The molecule has 0 saturated carbocycles. The largest absolute Gasteiger partial charge is 0.377 e. The molecule has 1 amide bonds. The van der Waals surface area contributed by atoms with Gasteiger partial charge in [0.1, 0.15) is 0 Å². The van der Waals surface area contributed by atoms with Crippen molar-refractivity contribution < 1.29 is 17.9 Å². The van der Waals surface area contributed by atoms with Crippen molar-refractivity contribution >= 4 is 15.7 Å². The molecule has 1 aliphatic heterocycles. The number of nitrogens with zero attached hydrogens (tertiary/aromatic N) is 1. The number of amides is 1. The normalized spacial score (nSPS) is 17.9. The van der Waals surface area contributed by atoms with Crippen LogP contribution in [-0.4, -0.2) is 45.0 Å². The maximum Gasteiger partial charge on any atom is 0.255 e. The van der Waals surface area contributed by atoms with E-state index in [0.717, 1.165) is 6.42 Å². The molecule has 1 fully saturated rings. The van der Waals surface area contributed by atoms with Crippen LogP contribution in [0.5, 0.6) is 0 Å². The fourth-order valence-corrected chi connectivity index (χ4v) is 4.76. The van der Waals surface area contributed by atoms with E-state index in [1.165, 1.54) is 6.07 Å². The van der Waals surface area contributed by atoms with Crippen LogP contribution in [0, 0.1) is 0 Å². The quantitative estimate of drug-likeness (QED) is 0.808. The van der Waals surface area contributed by atoms with Crippen LogP contribution < -0.4 is 0 Å². The zero-order valence-electron chi connectivity index (χ0n) is 14.8. The highest BCUT2D eigenvalue weighted by Gasteiger charge is 2.30. The van der Waals surface area contributed by atoms with Gasteiger partial charge in [-0.1, -0.05) is 49.4 Å². The van der Waals surface area contributed by atoms with Crippen LogP contribution in [0.2, 0.25) is 0 Å². The van der Waals surface area contributed by atoms with Gasteiger partial charge in [0.05, 0.1) is 35.5 Å². The lowest BCUT2D eigenvalue weighted by Gasteiger charge is -2.35. The Labute approximate surface area is 154 Å². The summed E-state index contributed by atoms with van der Waals surface area (Å²) in [6, 6.07) is 15.5. The van der Waals surface area contributed by atoms with Gasteiger partial charge < -0.3 is 9.64 Å². The summed E-state index contributed by atoms with van der Waals surface area (Å²) in [5.74, 6) is -0.370. The fourth-order valence-electron chi connectivity index (χ4n) is 3.20. The van der Waals surface area contributed by atoms with Gasteiger partial charge in [0.15, 0.2) is 9.84 Å². The minimum atomic E-state index is -3.63. The van der Waals surface area contributed by atoms with E-state index in [2.05, 4.69) is 0 Å². The van der Waals surface area contributed by atoms with E-state index in [9.17, 15) is 13.2 Å². The van der Waals surface area contributed by atoms with E-state index in [1.54, 1.807) is 35.2 Å². The van der Waals surface area contributed by atoms with E-state index >= 15 is 0 Å². The molecule has 1 aliphatic rings. The van der Waals surface area contributed by atoms with Crippen molar-refractivity contribution in [2.75, 3.05) is 19.8 Å². The molecule has 2 aromatic carbocycles. The number of morpholine rings is 1. The van der Waals surface area contributed by atoms with Gasteiger partial charge in [-0.05, 0) is 24.1 Å². The monoisotopic (exact) mass is 373 g/mol. The van der Waals surface area contributed by atoms with E-state index < -0.39 is 9.84 Å². The summed E-state index contributed by atoms with van der Waals surface area (Å²) in [6.45, 7) is 3.43. The van der Waals surface area contributed by atoms with Crippen LogP contribution in [0.25, 0.3) is 0 Å². The molecule has 5 nitrogen and oxygen atoms in total. The fraction of sp³-hybridized carbons (Fsp3) is 0.350. The van der Waals surface area contributed by atoms with Crippen LogP contribution in [0.3, 0.4) is 0 Å². The zero-order valence-corrected chi connectivity index (χ0v) is 15.6. The molecule has 0 unspecified atom stereocenters. The van der Waals surface area contributed by atoms with Gasteiger partial charge in [-0.15, -0.1) is 0 Å². The number of carbonyl (C=O) groups excluding carboxylic acids is 1. The Morgan fingerprint density at radius 1 is 1.12 bits per heavy atom. The number of hydrogen-bond donors (Lipinski definition) is 0. The molecule has 1 atom stereocenters. The standard InChI is InChI=1S/C20H23NO4S/c1-2-17-14-25-13-12-21(17)20(22)18-10-6-7-11-19(18)26(23,24)15-16-8-4-3-5-9-16/h3-11,17H,2,12-15H2,1H3/t17-/m0/s1. The van der Waals surface area contributed by atoms with Crippen molar-refractivity contribution in [3.63, 3.8) is 0 Å². The summed E-state index contributed by atoms with van der Waals surface area (Å²) in [7, 11) is -3.63. The first-order valence-corrected chi connectivity index (χ1v) is 10.4. The summed E-state index contributed by atoms with van der Waals surface area (Å²) in [5, 5.41) is 0. The summed E-state index contributed by atoms with van der Waals surface area (Å²) in [6.07, 6.45) is 0.769. The maximum atomic E-state index is 13.1. The van der Waals surface area contributed by atoms with Gasteiger partial charge in [0.25, 0.3) is 5.91 Å². The second-order valence-corrected chi connectivity index (χ2v) is 8.33. The minimum absolute atomic E-state index is 0.0267. The number of benzene rings is 2. The van der Waals surface area contributed by atoms with E-state index in [4.69, 9.17) is 4.74 Å². The second-order valence-electron chi connectivity index (χ2n) is 6.38. The Morgan fingerprint density at radius 2 is 1.81 bits per heavy atom. The molecular formula is C20H23NO4S. The van der Waals surface area contributed by atoms with Crippen molar-refractivity contribution in [3.05, 3.63) is 65.7 Å². The van der Waals surface area contributed by atoms with Gasteiger partial charge in [-0.25, -0.2) is 8.42 Å². The molecule has 0 spiro atoms. The molecule has 2 aromatic rings. The number of ether oxygens (including phenoxy) is 1. The van der Waals surface area contributed by atoms with Crippen molar-refractivity contribution in [2.24, 2.45) is 0 Å². The third-order valence-corrected chi connectivity index (χ3v) is 6.35. The molecule has 1 saturated heterocycles. The number of carbonyl (C=O) groups is 1. The molecule has 6 heteroatoms. The van der Waals surface area contributed by atoms with Gasteiger partial charge in [-0.2, -0.15) is 0 Å². The average molecular weight is 373 g/mol. The molecular weight excluding hydrogens is 350 g/mol. The Balaban J connectivity index is 1.94. The third kappa shape index (κ3) is 3.97. The van der Waals surface area contributed by atoms with Crippen LogP contribution in [0.15, 0.2) is 59.5 Å². The lowest BCUT2D eigenvalue weighted by atomic mass is 10.1. The van der Waals surface area contributed by atoms with Crippen LogP contribution >= 0.6 is 0 Å². The maximum absolute atomic E-state index is 13.1. The van der Waals surface area contributed by atoms with Gasteiger partial charge in [0, 0.05) is 6.54 Å². The summed E-state index contributed by atoms with van der Waals surface area (Å²) < 4.78 is 31.4. The van der Waals surface area contributed by atoms with Gasteiger partial charge >= 0.3 is 0 Å². The molecule has 26 heavy (non-hydrogen) atoms.